The van der Waals surface area contributed by atoms with Gasteiger partial charge in [0, 0.05) is 22.8 Å². The average molecular weight is 479 g/mol. The Bertz CT molecular complexity index is 1230. The number of amides is 2. The smallest absolute Gasteiger partial charge is 0.286 e. The SMILES string of the molecule is O=C(NCc1ccccc1)c1ccc(NC(=O)c2nnc(COc3ccc(Cl)cc3)s2)cc1. The van der Waals surface area contributed by atoms with E-state index in [-0.39, 0.29) is 23.4 Å². The molecule has 0 spiro atoms. The zero-order valence-electron chi connectivity index (χ0n) is 17.3. The highest BCUT2D eigenvalue weighted by atomic mass is 35.5. The molecule has 0 radical (unpaired) electrons. The van der Waals surface area contributed by atoms with Gasteiger partial charge in [-0.1, -0.05) is 53.3 Å². The van der Waals surface area contributed by atoms with Crippen molar-refractivity contribution in [2.24, 2.45) is 0 Å². The van der Waals surface area contributed by atoms with Crippen molar-refractivity contribution in [3.05, 3.63) is 105 Å². The molecule has 0 unspecified atom stereocenters. The Kier molecular flexibility index (Phi) is 7.29. The maximum atomic E-state index is 12.5. The molecule has 9 heteroatoms. The number of hydrogen-bond donors (Lipinski definition) is 2. The molecule has 0 aliphatic heterocycles. The fourth-order valence-corrected chi connectivity index (χ4v) is 3.62. The van der Waals surface area contributed by atoms with E-state index >= 15 is 0 Å². The number of halogens is 1. The van der Waals surface area contributed by atoms with Crippen LogP contribution in [0.1, 0.15) is 30.7 Å². The first kappa shape index (κ1) is 22.4. The molecule has 2 N–H and O–H groups in total. The molecule has 4 aromatic rings. The number of benzene rings is 3. The molecule has 7 nitrogen and oxygen atoms in total. The Morgan fingerprint density at radius 1 is 0.879 bits per heavy atom. The van der Waals surface area contributed by atoms with Gasteiger partial charge in [0.15, 0.2) is 5.01 Å². The summed E-state index contributed by atoms with van der Waals surface area (Å²) in [6.07, 6.45) is 0. The third-order valence-electron chi connectivity index (χ3n) is 4.54. The van der Waals surface area contributed by atoms with Crippen LogP contribution in [0.2, 0.25) is 5.02 Å². The second-order valence-corrected chi connectivity index (χ2v) is 8.44. The van der Waals surface area contributed by atoms with Gasteiger partial charge in [-0.05, 0) is 54.1 Å². The van der Waals surface area contributed by atoms with Crippen molar-refractivity contribution in [2.75, 3.05) is 5.32 Å². The minimum Gasteiger partial charge on any atom is -0.486 e. The fraction of sp³-hybridized carbons (Fsp3) is 0.0833. The van der Waals surface area contributed by atoms with Crippen molar-refractivity contribution in [1.82, 2.24) is 15.5 Å². The van der Waals surface area contributed by atoms with Crippen molar-refractivity contribution in [1.29, 1.82) is 0 Å². The van der Waals surface area contributed by atoms with E-state index in [2.05, 4.69) is 20.8 Å². The third kappa shape index (κ3) is 6.38. The highest BCUT2D eigenvalue weighted by Crippen LogP contribution is 2.19. The van der Waals surface area contributed by atoms with E-state index in [9.17, 15) is 9.59 Å². The van der Waals surface area contributed by atoms with E-state index in [1.807, 2.05) is 30.3 Å². The van der Waals surface area contributed by atoms with E-state index in [1.54, 1.807) is 48.5 Å². The first-order chi connectivity index (χ1) is 16.1. The van der Waals surface area contributed by atoms with Gasteiger partial charge < -0.3 is 15.4 Å². The van der Waals surface area contributed by atoms with Crippen LogP contribution in [0.15, 0.2) is 78.9 Å². The molecule has 0 saturated carbocycles. The molecular weight excluding hydrogens is 460 g/mol. The lowest BCUT2D eigenvalue weighted by Gasteiger charge is -2.07. The molecule has 166 valence electrons. The normalized spacial score (nSPS) is 10.5. The Morgan fingerprint density at radius 2 is 1.61 bits per heavy atom. The standard InChI is InChI=1S/C24H19ClN4O3S/c25-18-8-12-20(13-9-18)32-15-21-28-29-24(33-21)23(31)27-19-10-6-17(7-11-19)22(30)26-14-16-4-2-1-3-5-16/h1-13H,14-15H2,(H,26,30)(H,27,31). The van der Waals surface area contributed by atoms with E-state index in [0.717, 1.165) is 16.9 Å². The van der Waals surface area contributed by atoms with Crippen LogP contribution in [0.3, 0.4) is 0 Å². The molecule has 4 rings (SSSR count). The lowest BCUT2D eigenvalue weighted by Crippen LogP contribution is -2.22. The summed E-state index contributed by atoms with van der Waals surface area (Å²) in [4.78, 5) is 24.8. The van der Waals surface area contributed by atoms with Crippen LogP contribution in [0.5, 0.6) is 5.75 Å². The Labute approximate surface area is 199 Å². The maximum Gasteiger partial charge on any atom is 0.286 e. The first-order valence-corrected chi connectivity index (χ1v) is 11.2. The van der Waals surface area contributed by atoms with Gasteiger partial charge in [0.2, 0.25) is 5.01 Å². The number of hydrogen-bond acceptors (Lipinski definition) is 6. The van der Waals surface area contributed by atoms with Gasteiger partial charge in [-0.2, -0.15) is 0 Å². The lowest BCUT2D eigenvalue weighted by molar-refractivity contribution is 0.0950. The summed E-state index contributed by atoms with van der Waals surface area (Å²) in [7, 11) is 0. The quantitative estimate of drug-likeness (QED) is 0.373. The zero-order chi connectivity index (χ0) is 23.0. The molecule has 1 aromatic heterocycles. The van der Waals surface area contributed by atoms with Crippen LogP contribution >= 0.6 is 22.9 Å². The Hall–Kier alpha value is -3.75. The van der Waals surface area contributed by atoms with E-state index in [1.165, 1.54) is 0 Å². The number of carbonyl (C=O) groups excluding carboxylic acids is 2. The fourth-order valence-electron chi connectivity index (χ4n) is 2.85. The number of nitrogens with one attached hydrogen (secondary N) is 2. The van der Waals surface area contributed by atoms with Gasteiger partial charge in [0.25, 0.3) is 11.8 Å². The van der Waals surface area contributed by atoms with E-state index in [0.29, 0.717) is 33.6 Å². The third-order valence-corrected chi connectivity index (χ3v) is 5.69. The van der Waals surface area contributed by atoms with Crippen molar-refractivity contribution in [2.45, 2.75) is 13.2 Å². The molecule has 1 heterocycles. The van der Waals surface area contributed by atoms with Gasteiger partial charge in [-0.25, -0.2) is 0 Å². The van der Waals surface area contributed by atoms with E-state index < -0.39 is 0 Å². The van der Waals surface area contributed by atoms with Crippen molar-refractivity contribution in [3.63, 3.8) is 0 Å². The van der Waals surface area contributed by atoms with Gasteiger partial charge in [-0.15, -0.1) is 10.2 Å². The van der Waals surface area contributed by atoms with Crippen LogP contribution in [-0.4, -0.2) is 22.0 Å². The molecule has 0 aliphatic carbocycles. The molecule has 0 aliphatic rings. The second-order valence-electron chi connectivity index (χ2n) is 6.94. The monoisotopic (exact) mass is 478 g/mol. The lowest BCUT2D eigenvalue weighted by atomic mass is 10.1. The highest BCUT2D eigenvalue weighted by molar-refractivity contribution is 7.13. The van der Waals surface area contributed by atoms with Gasteiger partial charge in [-0.3, -0.25) is 9.59 Å². The van der Waals surface area contributed by atoms with Gasteiger partial charge in [0.05, 0.1) is 0 Å². The van der Waals surface area contributed by atoms with Crippen molar-refractivity contribution < 1.29 is 14.3 Å². The van der Waals surface area contributed by atoms with Crippen molar-refractivity contribution in [3.8, 4) is 5.75 Å². The Balaban J connectivity index is 1.28. The summed E-state index contributed by atoms with van der Waals surface area (Å²) >= 11 is 7.00. The Morgan fingerprint density at radius 3 is 2.33 bits per heavy atom. The molecular formula is C24H19ClN4O3S. The summed E-state index contributed by atoms with van der Waals surface area (Å²) in [5, 5.41) is 15.0. The molecule has 0 fully saturated rings. The van der Waals surface area contributed by atoms with Crippen LogP contribution in [0.4, 0.5) is 5.69 Å². The summed E-state index contributed by atoms with van der Waals surface area (Å²) < 4.78 is 5.62. The van der Waals surface area contributed by atoms with Crippen LogP contribution < -0.4 is 15.4 Å². The number of rotatable bonds is 8. The van der Waals surface area contributed by atoms with Crippen LogP contribution in [-0.2, 0) is 13.2 Å². The predicted molar refractivity (Wildman–Crippen MR) is 128 cm³/mol. The van der Waals surface area contributed by atoms with Gasteiger partial charge >= 0.3 is 0 Å². The molecule has 2 amide bonds. The molecule has 0 atom stereocenters. The maximum absolute atomic E-state index is 12.5. The summed E-state index contributed by atoms with van der Waals surface area (Å²) in [5.41, 5.74) is 2.07. The number of anilines is 1. The predicted octanol–water partition coefficient (Wildman–Crippen LogP) is 4.95. The first-order valence-electron chi connectivity index (χ1n) is 10.0. The largest absolute Gasteiger partial charge is 0.486 e. The number of ether oxygens (including phenoxy) is 1. The second kappa shape index (κ2) is 10.7. The van der Waals surface area contributed by atoms with Crippen LogP contribution in [0.25, 0.3) is 0 Å². The topological polar surface area (TPSA) is 93.2 Å². The highest BCUT2D eigenvalue weighted by Gasteiger charge is 2.14. The number of aromatic nitrogens is 2. The number of carbonyl (C=O) groups is 2. The minimum absolute atomic E-state index is 0.189. The molecule has 33 heavy (non-hydrogen) atoms. The summed E-state index contributed by atoms with van der Waals surface area (Å²) in [6, 6.07) is 23.3. The van der Waals surface area contributed by atoms with Gasteiger partial charge in [0.1, 0.15) is 12.4 Å². The molecule has 0 bridgehead atoms. The van der Waals surface area contributed by atoms with E-state index in [4.69, 9.17) is 16.3 Å². The van der Waals surface area contributed by atoms with Crippen molar-refractivity contribution >= 4 is 40.4 Å². The zero-order valence-corrected chi connectivity index (χ0v) is 18.9. The minimum atomic E-state index is -0.383. The average Bonchev–Trinajstić information content (AvgIpc) is 3.33. The summed E-state index contributed by atoms with van der Waals surface area (Å²) in [6.45, 7) is 0.638. The van der Waals surface area contributed by atoms with Crippen LogP contribution in [0, 0.1) is 0 Å². The summed E-state index contributed by atoms with van der Waals surface area (Å²) in [5.74, 6) is 0.0752. The molecule has 3 aromatic carbocycles. The molecule has 0 saturated heterocycles. The number of nitrogens with zero attached hydrogens (tertiary/aromatic N) is 2.